The molecule has 0 spiro atoms. The minimum Gasteiger partial charge on any atom is -0.456 e. The van der Waals surface area contributed by atoms with Crippen LogP contribution in [0.3, 0.4) is 0 Å². The molecule has 0 aromatic heterocycles. The molecule has 2 aliphatic heterocycles. The highest BCUT2D eigenvalue weighted by Crippen LogP contribution is 2.28. The van der Waals surface area contributed by atoms with Crippen molar-refractivity contribution in [2.24, 2.45) is 35.3 Å². The van der Waals surface area contributed by atoms with Gasteiger partial charge in [0.25, 0.3) is 5.91 Å². The van der Waals surface area contributed by atoms with E-state index in [4.69, 9.17) is 38.9 Å². The molecule has 3 aromatic carbocycles. The maximum absolute atomic E-state index is 14.4. The van der Waals surface area contributed by atoms with Crippen molar-refractivity contribution in [2.75, 3.05) is 105 Å². The number of amides is 16. The number of esters is 2. The summed E-state index contributed by atoms with van der Waals surface area (Å²) in [6, 6.07) is 13.6. The molecule has 1 saturated heterocycles. The van der Waals surface area contributed by atoms with Crippen LogP contribution >= 0.6 is 0 Å². The van der Waals surface area contributed by atoms with Crippen molar-refractivity contribution >= 4 is 113 Å². The molecule has 716 valence electrons. The molecule has 3 aromatic rings. The summed E-state index contributed by atoms with van der Waals surface area (Å²) in [6.07, 6.45) is -2.51. The third-order valence-corrected chi connectivity index (χ3v) is 21.9. The van der Waals surface area contributed by atoms with Gasteiger partial charge in [-0.1, -0.05) is 129 Å². The molecule has 5 rings (SSSR count). The van der Waals surface area contributed by atoms with Gasteiger partial charge < -0.3 is 101 Å². The number of likely N-dealkylation sites (N-methyl/N-ethyl adjacent to an activating group) is 4. The van der Waals surface area contributed by atoms with Crippen molar-refractivity contribution in [2.45, 2.75) is 216 Å². The van der Waals surface area contributed by atoms with E-state index >= 15 is 0 Å². The molecule has 2 unspecified atom stereocenters. The van der Waals surface area contributed by atoms with Crippen LogP contribution in [0, 0.1) is 29.6 Å². The highest BCUT2D eigenvalue weighted by molar-refractivity contribution is 6.04. The zero-order valence-corrected chi connectivity index (χ0v) is 77.7. The summed E-state index contributed by atoms with van der Waals surface area (Å²) in [5.41, 5.74) is 8.17. The molecule has 0 bridgehead atoms. The lowest BCUT2D eigenvalue weighted by molar-refractivity contribution is -0.155. The number of carbonyl (C=O) groups excluding carboxylic acids is 17. The molecule has 11 N–H and O–H groups in total. The minimum atomic E-state index is -1.42. The van der Waals surface area contributed by atoms with E-state index in [1.54, 1.807) is 133 Å². The third kappa shape index (κ3) is 36.5. The molecule has 0 radical (unpaired) electrons. The first-order chi connectivity index (χ1) is 61.5. The fraction of sp³-hybridized carbons (Fsp3) is 0.571. The van der Waals surface area contributed by atoms with Crippen molar-refractivity contribution in [3.05, 3.63) is 119 Å². The highest BCUT2D eigenvalue weighted by atomic mass is 16.6. The first-order valence-corrected chi connectivity index (χ1v) is 43.8. The number of ether oxygens (including phenoxy) is 7. The number of imide groups is 1. The van der Waals surface area contributed by atoms with E-state index in [1.807, 2.05) is 20.8 Å². The molecule has 130 heavy (non-hydrogen) atoms. The van der Waals surface area contributed by atoms with E-state index in [-0.39, 0.29) is 153 Å². The lowest BCUT2D eigenvalue weighted by Gasteiger charge is -2.33. The number of anilines is 2. The van der Waals surface area contributed by atoms with E-state index < -0.39 is 168 Å². The van der Waals surface area contributed by atoms with Crippen LogP contribution in [0.25, 0.3) is 0 Å². The van der Waals surface area contributed by atoms with E-state index in [1.165, 1.54) is 69.7 Å². The maximum Gasteiger partial charge on any atom is 0.411 e. The summed E-state index contributed by atoms with van der Waals surface area (Å²) in [5.74, 6) is -10.4. The minimum absolute atomic E-state index is 0.00553. The van der Waals surface area contributed by atoms with E-state index in [0.29, 0.717) is 40.1 Å². The van der Waals surface area contributed by atoms with Crippen LogP contribution in [0.2, 0.25) is 0 Å². The molecular formula is C91H133N15O24. The van der Waals surface area contributed by atoms with Gasteiger partial charge in [-0.05, 0) is 118 Å². The van der Waals surface area contributed by atoms with Gasteiger partial charge in [0.1, 0.15) is 61.7 Å². The quantitative estimate of drug-likeness (QED) is 0.0109. The summed E-state index contributed by atoms with van der Waals surface area (Å²) in [7, 11) is 5.66. The molecule has 0 aliphatic carbocycles. The predicted octanol–water partition coefficient (Wildman–Crippen LogP) is 5.67. The number of hydrogen-bond acceptors (Lipinski definition) is 24. The smallest absolute Gasteiger partial charge is 0.411 e. The zero-order valence-electron chi connectivity index (χ0n) is 77.7. The summed E-state index contributed by atoms with van der Waals surface area (Å²) in [6.45, 7) is 21.2. The van der Waals surface area contributed by atoms with Gasteiger partial charge in [0.2, 0.25) is 59.1 Å². The number of likely N-dealkylation sites (tertiary alicyclic amines) is 1. The molecule has 39 heteroatoms. The Morgan fingerprint density at radius 3 is 1.86 bits per heavy atom. The summed E-state index contributed by atoms with van der Waals surface area (Å²) in [5, 5.41) is 24.0. The van der Waals surface area contributed by atoms with Crippen LogP contribution in [-0.4, -0.2) is 274 Å². The van der Waals surface area contributed by atoms with Crippen molar-refractivity contribution in [3.8, 4) is 0 Å². The first kappa shape index (κ1) is 108. The maximum atomic E-state index is 14.4. The number of nitrogens with zero attached hydrogens (tertiary/aromatic N) is 5. The third-order valence-electron chi connectivity index (χ3n) is 21.9. The largest absolute Gasteiger partial charge is 0.456 e. The van der Waals surface area contributed by atoms with Gasteiger partial charge in [0.05, 0.1) is 33.0 Å². The van der Waals surface area contributed by atoms with Crippen LogP contribution < -0.4 is 53.6 Å². The Balaban J connectivity index is 1.16. The molecule has 0 saturated carbocycles. The first-order valence-electron chi connectivity index (χ1n) is 43.8. The average Bonchev–Trinajstić information content (AvgIpc) is 1.27. The lowest BCUT2D eigenvalue weighted by atomic mass is 9.90. The van der Waals surface area contributed by atoms with Gasteiger partial charge in [0.15, 0.2) is 6.10 Å². The van der Waals surface area contributed by atoms with Gasteiger partial charge >= 0.3 is 36.2 Å². The Morgan fingerprint density at radius 1 is 0.662 bits per heavy atom. The fourth-order valence-corrected chi connectivity index (χ4v) is 13.5. The number of carbonyl (C=O) groups is 17. The second-order valence-electron chi connectivity index (χ2n) is 33.4. The van der Waals surface area contributed by atoms with Crippen LogP contribution in [0.5, 0.6) is 0 Å². The molecular weight excluding hydrogens is 1690 g/mol. The summed E-state index contributed by atoms with van der Waals surface area (Å²) < 4.78 is 40.3. The predicted molar refractivity (Wildman–Crippen MR) is 478 cm³/mol. The summed E-state index contributed by atoms with van der Waals surface area (Å²) in [4.78, 5) is 234. The van der Waals surface area contributed by atoms with Crippen molar-refractivity contribution < 1.29 is 115 Å². The Morgan fingerprint density at radius 2 is 1.27 bits per heavy atom. The van der Waals surface area contributed by atoms with Gasteiger partial charge in [-0.25, -0.2) is 28.8 Å². The monoisotopic (exact) mass is 1820 g/mol. The number of rotatable bonds is 38. The number of cyclic esters (lactones) is 2. The van der Waals surface area contributed by atoms with Crippen LogP contribution in [0.4, 0.5) is 30.6 Å². The number of benzene rings is 3. The molecule has 2 aliphatic rings. The van der Waals surface area contributed by atoms with E-state index in [9.17, 15) is 81.5 Å². The SMILES string of the molecule is C/C=C(\C)[C@H]1OC(=O)[C@@H](C)NC(=O)[C@H](C(C)CC)NC(=O)CN(C)C(=O)[C@@H](Cc2ccccc2)N(C)C(=O)[C@H](C)NC(=O)[C@@H](CC(C)C)OC(=O)/C(C)=C/C[C@H](OC(=O)N(C)CCN(C)C(=O)OCc2ccc(NC(=O)OCc3ccc(NC(=O)[C@H](CCCNC(N)=O)NC(=O)[C@@H](NC(=O)CCOCCOCCNC(=O)CCN4C(=O)CC(C)C4=O)C(C)C)cc3)cc2)[C@@H]1C. The highest BCUT2D eigenvalue weighted by Gasteiger charge is 2.40. The van der Waals surface area contributed by atoms with Crippen LogP contribution in [0.15, 0.2) is 102 Å². The number of nitrogens with one attached hydrogen (secondary N) is 9. The number of nitrogens with two attached hydrogens (primary N) is 1. The fourth-order valence-electron chi connectivity index (χ4n) is 13.5. The second-order valence-corrected chi connectivity index (χ2v) is 33.4. The Kier molecular flexibility index (Phi) is 45.4. The summed E-state index contributed by atoms with van der Waals surface area (Å²) >= 11 is 0. The lowest BCUT2D eigenvalue weighted by Crippen LogP contribution is -2.57. The van der Waals surface area contributed by atoms with Crippen LogP contribution in [0.1, 0.15) is 158 Å². The second kappa shape index (κ2) is 54.7. The Bertz CT molecular complexity index is 4420. The molecule has 2 heterocycles. The molecule has 12 atom stereocenters. The number of allylic oxidation sites excluding steroid dienone is 1. The number of primary amides is 1. The van der Waals surface area contributed by atoms with Crippen molar-refractivity contribution in [1.82, 2.24) is 61.7 Å². The Labute approximate surface area is 759 Å². The number of hydrogen-bond donors (Lipinski definition) is 10. The average molecular weight is 1820 g/mol. The number of urea groups is 1. The van der Waals surface area contributed by atoms with Gasteiger partial charge in [-0.3, -0.25) is 63.0 Å². The van der Waals surface area contributed by atoms with E-state index in [0.717, 1.165) is 9.80 Å². The zero-order chi connectivity index (χ0) is 96.6. The molecule has 39 nitrogen and oxygen atoms in total. The molecule has 1 fully saturated rings. The Hall–Kier alpha value is -12.5. The molecule has 16 amide bonds. The topological polar surface area (TPSA) is 505 Å². The normalized spacial score (nSPS) is 20.8. The van der Waals surface area contributed by atoms with Gasteiger partial charge in [-0.2, -0.15) is 0 Å². The van der Waals surface area contributed by atoms with Gasteiger partial charge in [-0.15, -0.1) is 0 Å². The van der Waals surface area contributed by atoms with Crippen molar-refractivity contribution in [1.29, 1.82) is 0 Å². The standard InChI is InChI=1S/C91H133N15O24/c1-18-56(7)77-82(114)96-62(13)87(119)130-78(57(8)19-2)60(11)70(36-27-58(9)86(118)128-71(48-54(3)4)80(112)95-61(12)84(116)105(17)69(50-63-24-21-20-22-25-63)85(117)104(16)51-74(109)101-77)129-91(123)103(15)43-42-102(14)90(122)127-53-65-30-34-67(35-31-65)98-89(121)126-52-64-28-32-66(33-29-64)97-79(111)68(26-23-39-94-88(92)120)99-81(113)76(55(5)6)100-73(108)38-44-124-46-47-125-45-40-93-72(107)37-41-106-75(110)49-59(10)83(106)115/h19-22,24-25,27-35,54-56,59-62,68-71,76-78H,18,23,26,36-53H2,1-17H3,(H,93,107)(H,95,112)(H,96,114)(H,97,111)(H,98,121)(H,99,113)(H,100,108)(H,101,109)(H3,92,94,120)/b57-19+,58-27+/t56?,59?,60-,61-,62+,68-,69+,70-,71+,76-,77-,78+/m0/s1. The van der Waals surface area contributed by atoms with Gasteiger partial charge in [0, 0.05) is 122 Å². The van der Waals surface area contributed by atoms with E-state index in [2.05, 4.69) is 47.9 Å². The van der Waals surface area contributed by atoms with Crippen molar-refractivity contribution in [3.63, 3.8) is 0 Å². The van der Waals surface area contributed by atoms with Crippen LogP contribution in [-0.2, 0) is 115 Å².